The number of primary amides is 1. The van der Waals surface area contributed by atoms with Crippen molar-refractivity contribution in [3.05, 3.63) is 105 Å². The molecule has 190 valence electrons. The molecule has 0 saturated carbocycles. The second-order valence-corrected chi connectivity index (χ2v) is 8.20. The lowest BCUT2D eigenvalue weighted by atomic mass is 9.90. The fraction of sp³-hybridized carbons (Fsp3) is 0.154. The molecule has 4 aromatic rings. The number of amides is 1. The van der Waals surface area contributed by atoms with Crippen molar-refractivity contribution in [3.8, 4) is 17.2 Å². The summed E-state index contributed by atoms with van der Waals surface area (Å²) >= 11 is 0. The van der Waals surface area contributed by atoms with Crippen LogP contribution in [0.3, 0.4) is 0 Å². The maximum atomic E-state index is 15.4. The van der Waals surface area contributed by atoms with Crippen LogP contribution in [0, 0.1) is 11.2 Å². The molecule has 1 aromatic heterocycles. The number of benzene rings is 3. The van der Waals surface area contributed by atoms with Gasteiger partial charge in [-0.3, -0.25) is 15.2 Å². The van der Waals surface area contributed by atoms with E-state index < -0.39 is 23.3 Å². The van der Waals surface area contributed by atoms with E-state index in [0.29, 0.717) is 11.3 Å². The Morgan fingerprint density at radius 2 is 1.73 bits per heavy atom. The van der Waals surface area contributed by atoms with Crippen LogP contribution in [-0.4, -0.2) is 40.7 Å². The Kier molecular flexibility index (Phi) is 7.05. The molecule has 0 aliphatic carbocycles. The van der Waals surface area contributed by atoms with E-state index in [2.05, 4.69) is 10.1 Å². The molecule has 0 saturated heterocycles. The van der Waals surface area contributed by atoms with Gasteiger partial charge in [0.2, 0.25) is 0 Å². The number of nitrogen functional groups attached to an aromatic ring is 1. The zero-order chi connectivity index (χ0) is 26.7. The highest BCUT2D eigenvalue weighted by Crippen LogP contribution is 2.36. The molecule has 0 radical (unpaired) electrons. The molecule has 0 aliphatic heterocycles. The molecular formula is C26H25FN6O4. The second-order valence-electron chi connectivity index (χ2n) is 8.20. The molecule has 4 rings (SSSR count). The van der Waals surface area contributed by atoms with Gasteiger partial charge in [0, 0.05) is 17.2 Å². The van der Waals surface area contributed by atoms with Crippen LogP contribution in [0.15, 0.2) is 65.5 Å². The van der Waals surface area contributed by atoms with Crippen molar-refractivity contribution in [1.29, 1.82) is 5.41 Å². The van der Waals surface area contributed by atoms with Crippen LogP contribution >= 0.6 is 0 Å². The van der Waals surface area contributed by atoms with Crippen LogP contribution in [-0.2, 0) is 6.42 Å². The van der Waals surface area contributed by atoms with Crippen molar-refractivity contribution >= 4 is 11.7 Å². The Morgan fingerprint density at radius 3 is 2.35 bits per heavy atom. The minimum Gasteiger partial charge on any atom is -0.493 e. The third kappa shape index (κ3) is 5.06. The van der Waals surface area contributed by atoms with Gasteiger partial charge in [-0.05, 0) is 30.2 Å². The highest BCUT2D eigenvalue weighted by Gasteiger charge is 2.26. The van der Waals surface area contributed by atoms with Gasteiger partial charge in [0.25, 0.3) is 5.91 Å². The van der Waals surface area contributed by atoms with Crippen LogP contribution in [0.1, 0.15) is 38.8 Å². The zero-order valence-electron chi connectivity index (χ0n) is 20.1. The number of H-pyrrole nitrogens is 1. The van der Waals surface area contributed by atoms with Gasteiger partial charge in [0.05, 0.1) is 31.4 Å². The van der Waals surface area contributed by atoms with E-state index in [1.807, 2.05) is 0 Å². The number of hydrogen-bond donors (Lipinski definition) is 4. The number of hydrogen-bond acceptors (Lipinski definition) is 6. The summed E-state index contributed by atoms with van der Waals surface area (Å²) in [6, 6.07) is 15.9. The van der Waals surface area contributed by atoms with Crippen LogP contribution < -0.4 is 26.6 Å². The molecule has 3 aromatic carbocycles. The first kappa shape index (κ1) is 25.2. The van der Waals surface area contributed by atoms with Gasteiger partial charge in [0.1, 0.15) is 17.5 Å². The number of para-hydroxylation sites is 1. The smallest absolute Gasteiger partial charge is 0.348 e. The van der Waals surface area contributed by atoms with E-state index in [1.165, 1.54) is 32.4 Å². The van der Waals surface area contributed by atoms with E-state index >= 15 is 4.39 Å². The molecule has 37 heavy (non-hydrogen) atoms. The van der Waals surface area contributed by atoms with Crippen LogP contribution in [0.25, 0.3) is 5.69 Å². The zero-order valence-corrected chi connectivity index (χ0v) is 20.1. The molecule has 6 N–H and O–H groups in total. The van der Waals surface area contributed by atoms with Crippen molar-refractivity contribution < 1.29 is 18.7 Å². The molecule has 11 heteroatoms. The second kappa shape index (κ2) is 10.4. The van der Waals surface area contributed by atoms with E-state index in [9.17, 15) is 9.59 Å². The normalized spacial score (nSPS) is 11.6. The van der Waals surface area contributed by atoms with Crippen molar-refractivity contribution in [2.75, 3.05) is 14.2 Å². The first-order valence-corrected chi connectivity index (χ1v) is 11.2. The van der Waals surface area contributed by atoms with Crippen molar-refractivity contribution in [3.63, 3.8) is 0 Å². The summed E-state index contributed by atoms with van der Waals surface area (Å²) in [4.78, 5) is 27.6. The molecule has 0 aliphatic rings. The molecule has 10 nitrogen and oxygen atoms in total. The van der Waals surface area contributed by atoms with Gasteiger partial charge in [-0.1, -0.05) is 36.4 Å². The standard InChI is InChI=1S/C26H25FN6O4/c1-36-21-12-17(19(27)13-22(21)37-2)18(11-14-7-9-15(10-8-14)23(28)29)25-31-26(35)33(32-25)20-6-4-3-5-16(20)24(30)34/h3-10,12-13,18H,11H2,1-2H3,(H3,28,29)(H2,30,34)(H,31,32,35). The number of nitrogens with two attached hydrogens (primary N) is 2. The van der Waals surface area contributed by atoms with Crippen molar-refractivity contribution in [2.24, 2.45) is 11.5 Å². The van der Waals surface area contributed by atoms with E-state index in [4.69, 9.17) is 26.4 Å². The SMILES string of the molecule is COc1cc(F)c(C(Cc2ccc(C(=N)N)cc2)c2nn(-c3ccccc3C(N)=O)c(=O)[nH]2)cc1OC. The van der Waals surface area contributed by atoms with Gasteiger partial charge in [-0.15, -0.1) is 5.10 Å². The van der Waals surface area contributed by atoms with Gasteiger partial charge >= 0.3 is 5.69 Å². The molecule has 0 fully saturated rings. The summed E-state index contributed by atoms with van der Waals surface area (Å²) in [5, 5.41) is 12.0. The van der Waals surface area contributed by atoms with Gasteiger partial charge in [0.15, 0.2) is 11.5 Å². The predicted molar refractivity (Wildman–Crippen MR) is 135 cm³/mol. The summed E-state index contributed by atoms with van der Waals surface area (Å²) in [6.07, 6.45) is 0.231. The van der Waals surface area contributed by atoms with E-state index in [-0.39, 0.29) is 40.6 Å². The highest BCUT2D eigenvalue weighted by molar-refractivity contribution is 5.96. The van der Waals surface area contributed by atoms with Crippen LogP contribution in [0.4, 0.5) is 4.39 Å². The molecule has 1 unspecified atom stereocenters. The maximum absolute atomic E-state index is 15.4. The Labute approximate surface area is 211 Å². The average Bonchev–Trinajstić information content (AvgIpc) is 3.28. The lowest BCUT2D eigenvalue weighted by Gasteiger charge is -2.18. The Bertz CT molecular complexity index is 1530. The van der Waals surface area contributed by atoms with Crippen LogP contribution in [0.5, 0.6) is 11.5 Å². The van der Waals surface area contributed by atoms with E-state index in [0.717, 1.165) is 10.2 Å². The van der Waals surface area contributed by atoms with Crippen LogP contribution in [0.2, 0.25) is 0 Å². The average molecular weight is 505 g/mol. The predicted octanol–water partition coefficient (Wildman–Crippen LogP) is 2.47. The molecular weight excluding hydrogens is 479 g/mol. The molecule has 0 bridgehead atoms. The highest BCUT2D eigenvalue weighted by atomic mass is 19.1. The Hall–Kier alpha value is -4.93. The van der Waals surface area contributed by atoms with Crippen molar-refractivity contribution in [2.45, 2.75) is 12.3 Å². The number of ether oxygens (including phenoxy) is 2. The summed E-state index contributed by atoms with van der Waals surface area (Å²) in [5.74, 6) is -1.48. The number of halogens is 1. The number of nitrogens with one attached hydrogen (secondary N) is 2. The molecule has 1 atom stereocenters. The number of carbonyl (C=O) groups is 1. The molecule has 0 spiro atoms. The Morgan fingerprint density at radius 1 is 1.08 bits per heavy atom. The first-order valence-electron chi connectivity index (χ1n) is 11.2. The lowest BCUT2D eigenvalue weighted by molar-refractivity contribution is 0.1000. The fourth-order valence-electron chi connectivity index (χ4n) is 4.07. The first-order chi connectivity index (χ1) is 17.7. The van der Waals surface area contributed by atoms with Crippen molar-refractivity contribution in [1.82, 2.24) is 14.8 Å². The quantitative estimate of drug-likeness (QED) is 0.202. The topological polar surface area (TPSA) is 162 Å². The minimum atomic E-state index is -0.766. The molecule has 1 amide bonds. The monoisotopic (exact) mass is 504 g/mol. The number of aromatic nitrogens is 3. The third-order valence-corrected chi connectivity index (χ3v) is 5.95. The molecule has 1 heterocycles. The number of nitrogens with zero attached hydrogens (tertiary/aromatic N) is 2. The van der Waals surface area contributed by atoms with Gasteiger partial charge in [-0.25, -0.2) is 9.18 Å². The lowest BCUT2D eigenvalue weighted by Crippen LogP contribution is -2.21. The summed E-state index contributed by atoms with van der Waals surface area (Å²) in [5.41, 5.74) is 12.2. The maximum Gasteiger partial charge on any atom is 0.348 e. The summed E-state index contributed by atoms with van der Waals surface area (Å²) < 4.78 is 27.0. The summed E-state index contributed by atoms with van der Waals surface area (Å²) in [6.45, 7) is 0. The van der Waals surface area contributed by atoms with Gasteiger partial charge in [-0.2, -0.15) is 4.68 Å². The number of rotatable bonds is 9. The van der Waals surface area contributed by atoms with E-state index in [1.54, 1.807) is 42.5 Å². The number of carbonyl (C=O) groups excluding carboxylic acids is 1. The number of methoxy groups -OCH3 is 2. The largest absolute Gasteiger partial charge is 0.493 e. The summed E-state index contributed by atoms with van der Waals surface area (Å²) in [7, 11) is 2.84. The van der Waals surface area contributed by atoms with Gasteiger partial charge < -0.3 is 20.9 Å². The Balaban J connectivity index is 1.86. The third-order valence-electron chi connectivity index (χ3n) is 5.95. The fourth-order valence-corrected chi connectivity index (χ4v) is 4.07. The number of aromatic amines is 1. The minimum absolute atomic E-state index is 0.0785. The number of amidine groups is 1.